The summed E-state index contributed by atoms with van der Waals surface area (Å²) < 4.78 is 1.92. The van der Waals surface area contributed by atoms with Gasteiger partial charge in [-0.15, -0.1) is 0 Å². The van der Waals surface area contributed by atoms with Crippen LogP contribution in [0.15, 0.2) is 42.7 Å². The average molecular weight is 187 g/mol. The van der Waals surface area contributed by atoms with E-state index in [0.29, 0.717) is 0 Å². The average Bonchev–Trinajstić information content (AvgIpc) is 2.67. The second kappa shape index (κ2) is 3.96. The molecule has 1 heterocycles. The molecule has 0 unspecified atom stereocenters. The summed E-state index contributed by atoms with van der Waals surface area (Å²) >= 11 is 0. The van der Waals surface area contributed by atoms with Gasteiger partial charge in [0.05, 0.1) is 18.4 Å². The highest BCUT2D eigenvalue weighted by molar-refractivity contribution is 5.37. The van der Waals surface area contributed by atoms with E-state index < -0.39 is 0 Å². The topological polar surface area (TPSA) is 29.9 Å². The molecule has 0 aliphatic rings. The van der Waals surface area contributed by atoms with E-state index in [1.807, 2.05) is 42.3 Å². The Bertz CT molecular complexity index is 392. The normalized spacial score (nSPS) is 10.1. The molecule has 0 saturated heterocycles. The van der Waals surface area contributed by atoms with Crippen molar-refractivity contribution < 1.29 is 0 Å². The summed E-state index contributed by atoms with van der Waals surface area (Å²) in [5.41, 5.74) is 2.30. The van der Waals surface area contributed by atoms with Crippen LogP contribution >= 0.6 is 0 Å². The molecule has 0 aliphatic heterocycles. The highest BCUT2D eigenvalue weighted by atomic mass is 15.3. The number of benzene rings is 1. The van der Waals surface area contributed by atoms with Crippen LogP contribution in [0.1, 0.15) is 5.56 Å². The fourth-order valence-electron chi connectivity index (χ4n) is 1.35. The number of rotatable bonds is 3. The molecule has 1 aromatic heterocycles. The first-order chi connectivity index (χ1) is 6.88. The molecule has 0 atom stereocenters. The first-order valence-electron chi connectivity index (χ1n) is 4.62. The van der Waals surface area contributed by atoms with E-state index in [2.05, 4.69) is 22.5 Å². The van der Waals surface area contributed by atoms with Crippen LogP contribution in [0.5, 0.6) is 0 Å². The summed E-state index contributed by atoms with van der Waals surface area (Å²) in [5, 5.41) is 7.29. The minimum atomic E-state index is 0.822. The standard InChI is InChI=1S/C11H13N3/c1-12-11-7-13-14(9-11)8-10-5-3-2-4-6-10/h2-7,9,12H,8H2,1H3. The molecule has 0 aliphatic carbocycles. The molecule has 0 bridgehead atoms. The smallest absolute Gasteiger partial charge is 0.0724 e. The minimum Gasteiger partial charge on any atom is -0.386 e. The summed E-state index contributed by atoms with van der Waals surface area (Å²) in [6.07, 6.45) is 3.82. The van der Waals surface area contributed by atoms with Crippen LogP contribution in [-0.4, -0.2) is 16.8 Å². The van der Waals surface area contributed by atoms with Gasteiger partial charge >= 0.3 is 0 Å². The molecule has 0 radical (unpaired) electrons. The highest BCUT2D eigenvalue weighted by Gasteiger charge is 1.96. The Balaban J connectivity index is 2.11. The summed E-state index contributed by atoms with van der Waals surface area (Å²) in [5.74, 6) is 0. The Morgan fingerprint density at radius 3 is 2.71 bits per heavy atom. The third-order valence-electron chi connectivity index (χ3n) is 2.11. The molecule has 0 saturated carbocycles. The molecule has 2 rings (SSSR count). The van der Waals surface area contributed by atoms with Crippen molar-refractivity contribution in [2.75, 3.05) is 12.4 Å². The van der Waals surface area contributed by atoms with Gasteiger partial charge in [-0.25, -0.2) is 0 Å². The third-order valence-corrected chi connectivity index (χ3v) is 2.11. The summed E-state index contributed by atoms with van der Waals surface area (Å²) in [4.78, 5) is 0. The SMILES string of the molecule is CNc1cnn(Cc2ccccc2)c1. The molecular weight excluding hydrogens is 174 g/mol. The summed E-state index contributed by atoms with van der Waals surface area (Å²) in [6, 6.07) is 10.3. The lowest BCUT2D eigenvalue weighted by Gasteiger charge is -2.00. The second-order valence-electron chi connectivity index (χ2n) is 3.16. The Labute approximate surface area is 83.4 Å². The second-order valence-corrected chi connectivity index (χ2v) is 3.16. The third kappa shape index (κ3) is 1.93. The quantitative estimate of drug-likeness (QED) is 0.796. The number of hydrogen-bond acceptors (Lipinski definition) is 2. The highest BCUT2D eigenvalue weighted by Crippen LogP contribution is 2.06. The van der Waals surface area contributed by atoms with E-state index in [1.165, 1.54) is 5.56 Å². The van der Waals surface area contributed by atoms with Crippen molar-refractivity contribution in [3.63, 3.8) is 0 Å². The molecule has 72 valence electrons. The zero-order valence-corrected chi connectivity index (χ0v) is 8.14. The van der Waals surface area contributed by atoms with Gasteiger partial charge in [0, 0.05) is 13.2 Å². The van der Waals surface area contributed by atoms with Crippen LogP contribution in [0.3, 0.4) is 0 Å². The van der Waals surface area contributed by atoms with Crippen molar-refractivity contribution in [3.05, 3.63) is 48.3 Å². The molecule has 2 aromatic rings. The molecule has 0 fully saturated rings. The molecule has 1 N–H and O–H groups in total. The van der Waals surface area contributed by atoms with E-state index in [-0.39, 0.29) is 0 Å². The molecule has 14 heavy (non-hydrogen) atoms. The summed E-state index contributed by atoms with van der Waals surface area (Å²) in [7, 11) is 1.89. The number of hydrogen-bond donors (Lipinski definition) is 1. The molecule has 0 spiro atoms. The maximum atomic E-state index is 4.24. The Morgan fingerprint density at radius 2 is 2.07 bits per heavy atom. The molecule has 3 heteroatoms. The molecule has 1 aromatic carbocycles. The molecular formula is C11H13N3. The van der Waals surface area contributed by atoms with Gasteiger partial charge in [-0.05, 0) is 5.56 Å². The number of anilines is 1. The zero-order chi connectivity index (χ0) is 9.80. The van der Waals surface area contributed by atoms with E-state index >= 15 is 0 Å². The van der Waals surface area contributed by atoms with Crippen LogP contribution < -0.4 is 5.32 Å². The van der Waals surface area contributed by atoms with Gasteiger partial charge < -0.3 is 5.32 Å². The minimum absolute atomic E-state index is 0.822. The van der Waals surface area contributed by atoms with Gasteiger partial charge in [0.25, 0.3) is 0 Å². The predicted octanol–water partition coefficient (Wildman–Crippen LogP) is 1.97. The number of aromatic nitrogens is 2. The fourth-order valence-corrected chi connectivity index (χ4v) is 1.35. The van der Waals surface area contributed by atoms with Gasteiger partial charge in [0.2, 0.25) is 0 Å². The number of nitrogens with zero attached hydrogens (tertiary/aromatic N) is 2. The van der Waals surface area contributed by atoms with Crippen molar-refractivity contribution in [3.8, 4) is 0 Å². The van der Waals surface area contributed by atoms with Crippen LogP contribution in [0.25, 0.3) is 0 Å². The molecule has 0 amide bonds. The van der Waals surface area contributed by atoms with Crippen molar-refractivity contribution in [2.24, 2.45) is 0 Å². The van der Waals surface area contributed by atoms with Gasteiger partial charge in [-0.3, -0.25) is 4.68 Å². The lowest BCUT2D eigenvalue weighted by Crippen LogP contribution is -1.99. The summed E-state index contributed by atoms with van der Waals surface area (Å²) in [6.45, 7) is 0.822. The maximum absolute atomic E-state index is 4.24. The van der Waals surface area contributed by atoms with Crippen LogP contribution in [-0.2, 0) is 6.54 Å². The predicted molar refractivity (Wildman–Crippen MR) is 57.3 cm³/mol. The van der Waals surface area contributed by atoms with E-state index in [1.54, 1.807) is 0 Å². The Kier molecular flexibility index (Phi) is 2.49. The molecule has 3 nitrogen and oxygen atoms in total. The maximum Gasteiger partial charge on any atom is 0.0724 e. The monoisotopic (exact) mass is 187 g/mol. The fraction of sp³-hybridized carbons (Fsp3) is 0.182. The lowest BCUT2D eigenvalue weighted by molar-refractivity contribution is 0.687. The largest absolute Gasteiger partial charge is 0.386 e. The van der Waals surface area contributed by atoms with E-state index in [0.717, 1.165) is 12.2 Å². The zero-order valence-electron chi connectivity index (χ0n) is 8.14. The van der Waals surface area contributed by atoms with Crippen molar-refractivity contribution >= 4 is 5.69 Å². The van der Waals surface area contributed by atoms with Crippen LogP contribution in [0.2, 0.25) is 0 Å². The van der Waals surface area contributed by atoms with Gasteiger partial charge in [-0.2, -0.15) is 5.10 Å². The van der Waals surface area contributed by atoms with E-state index in [4.69, 9.17) is 0 Å². The Morgan fingerprint density at radius 1 is 1.29 bits per heavy atom. The number of nitrogens with one attached hydrogen (secondary N) is 1. The van der Waals surface area contributed by atoms with Crippen LogP contribution in [0.4, 0.5) is 5.69 Å². The van der Waals surface area contributed by atoms with Crippen LogP contribution in [0, 0.1) is 0 Å². The first kappa shape index (κ1) is 8.81. The van der Waals surface area contributed by atoms with Crippen molar-refractivity contribution in [1.29, 1.82) is 0 Å². The first-order valence-corrected chi connectivity index (χ1v) is 4.62. The van der Waals surface area contributed by atoms with Gasteiger partial charge in [-0.1, -0.05) is 30.3 Å². The van der Waals surface area contributed by atoms with Crippen molar-refractivity contribution in [1.82, 2.24) is 9.78 Å². The van der Waals surface area contributed by atoms with Gasteiger partial charge in [0.15, 0.2) is 0 Å². The van der Waals surface area contributed by atoms with Crippen molar-refractivity contribution in [2.45, 2.75) is 6.54 Å². The van der Waals surface area contributed by atoms with E-state index in [9.17, 15) is 0 Å². The lowest BCUT2D eigenvalue weighted by atomic mass is 10.2. The van der Waals surface area contributed by atoms with Gasteiger partial charge in [0.1, 0.15) is 0 Å². The Hall–Kier alpha value is -1.77.